The Balaban J connectivity index is 0.00000400. The highest BCUT2D eigenvalue weighted by Crippen LogP contribution is 2.38. The van der Waals surface area contributed by atoms with E-state index in [1.807, 2.05) is 18.2 Å². The van der Waals surface area contributed by atoms with Crippen LogP contribution in [0, 0.1) is 11.7 Å². The van der Waals surface area contributed by atoms with Crippen LogP contribution < -0.4 is 10.6 Å². The summed E-state index contributed by atoms with van der Waals surface area (Å²) in [6.45, 7) is 2.04. The molecule has 12 heteroatoms. The normalized spacial score (nSPS) is 22.2. The number of benzene rings is 3. The van der Waals surface area contributed by atoms with Gasteiger partial charge in [-0.05, 0) is 48.2 Å². The molecule has 1 unspecified atom stereocenters. The lowest BCUT2D eigenvalue weighted by atomic mass is 9.78. The second-order valence-electron chi connectivity index (χ2n) is 12.0. The van der Waals surface area contributed by atoms with E-state index in [9.17, 15) is 27.2 Å². The van der Waals surface area contributed by atoms with Crippen LogP contribution in [0.3, 0.4) is 0 Å². The average Bonchev–Trinajstić information content (AvgIpc) is 3.58. The minimum Gasteiger partial charge on any atom is -0.323 e. The molecule has 45 heavy (non-hydrogen) atoms. The van der Waals surface area contributed by atoms with E-state index in [0.29, 0.717) is 44.6 Å². The van der Waals surface area contributed by atoms with Crippen LogP contribution in [-0.2, 0) is 21.2 Å². The highest BCUT2D eigenvalue weighted by atomic mass is 35.5. The molecule has 3 heterocycles. The number of likely N-dealkylation sites (tertiary alicyclic amines) is 1. The number of halogens is 2. The fourth-order valence-electron chi connectivity index (χ4n) is 6.91. The molecule has 6 rings (SSSR count). The van der Waals surface area contributed by atoms with Gasteiger partial charge >= 0.3 is 6.03 Å². The van der Waals surface area contributed by atoms with Gasteiger partial charge in [0, 0.05) is 44.3 Å². The number of nitrogens with one attached hydrogen (secondary N) is 2. The molecule has 0 aromatic heterocycles. The van der Waals surface area contributed by atoms with E-state index >= 15 is 0 Å². The van der Waals surface area contributed by atoms with Crippen molar-refractivity contribution in [3.8, 4) is 0 Å². The number of amides is 3. The van der Waals surface area contributed by atoms with Crippen molar-refractivity contribution < 1.29 is 27.2 Å². The molecule has 0 radical (unpaired) electrons. The summed E-state index contributed by atoms with van der Waals surface area (Å²) in [6, 6.07) is 21.1. The molecule has 1 spiro atoms. The van der Waals surface area contributed by atoms with Crippen LogP contribution in [0.5, 0.6) is 0 Å². The molecule has 3 saturated heterocycles. The van der Waals surface area contributed by atoms with Gasteiger partial charge in [0.1, 0.15) is 11.4 Å². The number of piperidine rings is 1. The Morgan fingerprint density at radius 1 is 0.956 bits per heavy atom. The molecule has 9 nitrogen and oxygen atoms in total. The molecular weight excluding hydrogens is 619 g/mol. The second-order valence-corrected chi connectivity index (χ2v) is 14.0. The summed E-state index contributed by atoms with van der Waals surface area (Å²) in [5.74, 6) is -1.26. The van der Waals surface area contributed by atoms with Crippen LogP contribution >= 0.6 is 12.4 Å². The van der Waals surface area contributed by atoms with Crippen LogP contribution in [0.4, 0.5) is 9.18 Å². The lowest BCUT2D eigenvalue weighted by molar-refractivity contribution is -0.133. The minimum absolute atomic E-state index is 0. The van der Waals surface area contributed by atoms with E-state index in [2.05, 4.69) is 27.7 Å². The minimum atomic E-state index is -3.37. The maximum absolute atomic E-state index is 14.9. The average molecular weight is 655 g/mol. The van der Waals surface area contributed by atoms with E-state index in [4.69, 9.17) is 0 Å². The predicted molar refractivity (Wildman–Crippen MR) is 169 cm³/mol. The fourth-order valence-corrected chi connectivity index (χ4v) is 7.55. The predicted octanol–water partition coefficient (Wildman–Crippen LogP) is 3.79. The molecule has 238 valence electrons. The molecule has 0 bridgehead atoms. The van der Waals surface area contributed by atoms with Gasteiger partial charge in [0.2, 0.25) is 0 Å². The number of rotatable bonds is 8. The zero-order valence-electron chi connectivity index (χ0n) is 24.8. The summed E-state index contributed by atoms with van der Waals surface area (Å²) in [5, 5.41) is 6.36. The van der Waals surface area contributed by atoms with Crippen molar-refractivity contribution >= 4 is 40.0 Å². The molecule has 2 N–H and O–H groups in total. The summed E-state index contributed by atoms with van der Waals surface area (Å²) in [6.07, 6.45) is 1.73. The van der Waals surface area contributed by atoms with Crippen LogP contribution in [0.15, 0.2) is 83.8 Å². The molecule has 3 aliphatic rings. The second kappa shape index (κ2) is 13.0. The van der Waals surface area contributed by atoms with E-state index < -0.39 is 33.3 Å². The Labute approximate surface area is 268 Å². The molecule has 3 atom stereocenters. The maximum atomic E-state index is 14.9. The molecule has 3 aromatic rings. The Morgan fingerprint density at radius 2 is 1.60 bits per heavy atom. The molecular formula is C33H36ClFN4O5S. The molecule has 3 aliphatic heterocycles. The number of sulfone groups is 1. The van der Waals surface area contributed by atoms with Crippen molar-refractivity contribution in [2.45, 2.75) is 41.8 Å². The number of hydrogen-bond acceptors (Lipinski definition) is 7. The molecule has 0 aliphatic carbocycles. The monoisotopic (exact) mass is 654 g/mol. The first-order chi connectivity index (χ1) is 21.1. The van der Waals surface area contributed by atoms with E-state index in [0.717, 1.165) is 11.8 Å². The van der Waals surface area contributed by atoms with E-state index in [1.165, 1.54) is 29.2 Å². The summed E-state index contributed by atoms with van der Waals surface area (Å²) >= 11 is 0. The van der Waals surface area contributed by atoms with Crippen molar-refractivity contribution in [1.82, 2.24) is 20.4 Å². The van der Waals surface area contributed by atoms with Crippen LogP contribution in [-0.4, -0.2) is 80.0 Å². The highest BCUT2D eigenvalue weighted by molar-refractivity contribution is 7.90. The van der Waals surface area contributed by atoms with Crippen LogP contribution in [0.1, 0.15) is 40.2 Å². The number of carbonyl (C=O) groups excluding carboxylic acids is 3. The summed E-state index contributed by atoms with van der Waals surface area (Å²) in [7, 11) is -3.37. The van der Waals surface area contributed by atoms with Crippen LogP contribution in [0.25, 0.3) is 0 Å². The zero-order valence-corrected chi connectivity index (χ0v) is 26.5. The quantitative estimate of drug-likeness (QED) is 0.281. The Morgan fingerprint density at radius 3 is 2.24 bits per heavy atom. The van der Waals surface area contributed by atoms with Crippen molar-refractivity contribution in [3.05, 3.63) is 101 Å². The third-order valence-electron chi connectivity index (χ3n) is 9.29. The number of Topliss-reactive ketones (excluding diaryl/α,β-unsaturated/α-hetero) is 1. The van der Waals surface area contributed by atoms with E-state index in [1.54, 1.807) is 24.3 Å². The summed E-state index contributed by atoms with van der Waals surface area (Å²) in [5.41, 5.74) is 0.695. The lowest BCUT2D eigenvalue weighted by Gasteiger charge is -2.43. The Hall–Kier alpha value is -3.64. The maximum Gasteiger partial charge on any atom is 0.325 e. The number of urea groups is 1. The smallest absolute Gasteiger partial charge is 0.323 e. The van der Waals surface area contributed by atoms with Crippen molar-refractivity contribution in [2.24, 2.45) is 5.92 Å². The third-order valence-corrected chi connectivity index (χ3v) is 10.4. The lowest BCUT2D eigenvalue weighted by Crippen LogP contribution is -2.59. The van der Waals surface area contributed by atoms with Gasteiger partial charge in [0.15, 0.2) is 15.6 Å². The first-order valence-electron chi connectivity index (χ1n) is 14.8. The first kappa shape index (κ1) is 32.7. The van der Waals surface area contributed by atoms with Gasteiger partial charge in [-0.3, -0.25) is 19.4 Å². The highest BCUT2D eigenvalue weighted by Gasteiger charge is 2.54. The summed E-state index contributed by atoms with van der Waals surface area (Å²) < 4.78 is 38.5. The van der Waals surface area contributed by atoms with Gasteiger partial charge in [-0.1, -0.05) is 54.6 Å². The van der Waals surface area contributed by atoms with Gasteiger partial charge in [0.25, 0.3) is 5.91 Å². The van der Waals surface area contributed by atoms with Crippen molar-refractivity contribution in [3.63, 3.8) is 0 Å². The van der Waals surface area contributed by atoms with Crippen molar-refractivity contribution in [1.29, 1.82) is 0 Å². The van der Waals surface area contributed by atoms with Crippen molar-refractivity contribution in [2.75, 3.05) is 32.4 Å². The zero-order chi connectivity index (χ0) is 31.1. The van der Waals surface area contributed by atoms with Gasteiger partial charge in [-0.2, -0.15) is 0 Å². The summed E-state index contributed by atoms with van der Waals surface area (Å²) in [4.78, 5) is 44.2. The van der Waals surface area contributed by atoms with E-state index in [-0.39, 0.29) is 52.9 Å². The SMILES string of the molecule is CS(=O)(=O)c1ccc(CN2C(=O)NC3(CCN(C(C(=O)c4ccccc4F)[C@@H]4CNC[C@@H]4c4ccccc4)CC3)C2=O)cc1.Cl. The molecule has 3 fully saturated rings. The molecule has 3 amide bonds. The van der Waals surface area contributed by atoms with Gasteiger partial charge in [0.05, 0.1) is 23.0 Å². The number of ketones is 1. The Bertz CT molecular complexity index is 1680. The standard InChI is InChI=1S/C33H35FN4O5S.ClH/c1-44(42,43)24-13-11-22(12-14-24)21-38-31(40)33(36-32(38)41)15-17-37(18-16-33)29(30(39)25-9-5-6-10-28(25)34)27-20-35-19-26(27)23-7-3-2-4-8-23;/h2-14,26-27,29,35H,15-21H2,1H3,(H,36,41);1H/t26-,27-,29?;/m1./s1. The first-order valence-corrected chi connectivity index (χ1v) is 16.7. The third kappa shape index (κ3) is 6.40. The van der Waals surface area contributed by atoms with Gasteiger partial charge in [-0.15, -0.1) is 12.4 Å². The van der Waals surface area contributed by atoms with Gasteiger partial charge in [-0.25, -0.2) is 17.6 Å². The number of imide groups is 1. The molecule has 3 aromatic carbocycles. The number of carbonyl (C=O) groups is 3. The van der Waals surface area contributed by atoms with Gasteiger partial charge < -0.3 is 10.6 Å². The number of nitrogens with zero attached hydrogens (tertiary/aromatic N) is 2. The fraction of sp³-hybridized carbons (Fsp3) is 0.364. The Kier molecular flexibility index (Phi) is 9.46. The molecule has 0 saturated carbocycles. The topological polar surface area (TPSA) is 116 Å². The van der Waals surface area contributed by atoms with Crippen LogP contribution in [0.2, 0.25) is 0 Å². The largest absolute Gasteiger partial charge is 0.325 e. The number of hydrogen-bond donors (Lipinski definition) is 2.